The van der Waals surface area contributed by atoms with Gasteiger partial charge in [-0.2, -0.15) is 0 Å². The number of phenolic OH excluding ortho intramolecular Hbond substituents is 1. The highest BCUT2D eigenvalue weighted by molar-refractivity contribution is 7.17. The highest BCUT2D eigenvalue weighted by atomic mass is 32.1. The van der Waals surface area contributed by atoms with E-state index in [0.717, 1.165) is 16.6 Å². The predicted molar refractivity (Wildman–Crippen MR) is 65.5 cm³/mol. The molecular formula is C12H15NOS. The summed E-state index contributed by atoms with van der Waals surface area (Å²) < 4.78 is 0.984. The molecule has 1 heterocycles. The normalized spacial score (nSPS) is 11.4. The average Bonchev–Trinajstić information content (AvgIpc) is 2.59. The van der Waals surface area contributed by atoms with Gasteiger partial charge in [0.2, 0.25) is 0 Å². The fraction of sp³-hybridized carbons (Fsp3) is 0.333. The van der Waals surface area contributed by atoms with Gasteiger partial charge in [0.05, 0.1) is 4.70 Å². The molecule has 0 aliphatic carbocycles. The van der Waals surface area contributed by atoms with Crippen LogP contribution in [0.1, 0.15) is 19.4 Å². The zero-order valence-corrected chi connectivity index (χ0v) is 9.77. The lowest BCUT2D eigenvalue weighted by Crippen LogP contribution is -2.21. The van der Waals surface area contributed by atoms with E-state index in [2.05, 4.69) is 30.6 Å². The molecule has 2 aromatic rings. The summed E-state index contributed by atoms with van der Waals surface area (Å²) in [5.41, 5.74) is 1.26. The van der Waals surface area contributed by atoms with Crippen LogP contribution in [-0.2, 0) is 6.54 Å². The van der Waals surface area contributed by atoms with E-state index in [0.29, 0.717) is 11.8 Å². The minimum atomic E-state index is 0.383. The molecular weight excluding hydrogens is 206 g/mol. The SMILES string of the molecule is CC(C)NCc1csc2c(O)cccc12. The van der Waals surface area contributed by atoms with Gasteiger partial charge in [-0.05, 0) is 17.0 Å². The number of nitrogens with one attached hydrogen (secondary N) is 1. The van der Waals surface area contributed by atoms with Gasteiger partial charge < -0.3 is 10.4 Å². The van der Waals surface area contributed by atoms with Crippen LogP contribution in [-0.4, -0.2) is 11.1 Å². The van der Waals surface area contributed by atoms with Crippen LogP contribution < -0.4 is 5.32 Å². The van der Waals surface area contributed by atoms with E-state index in [1.807, 2.05) is 6.07 Å². The van der Waals surface area contributed by atoms with Gasteiger partial charge in [0.1, 0.15) is 5.75 Å². The van der Waals surface area contributed by atoms with Crippen molar-refractivity contribution in [1.29, 1.82) is 0 Å². The average molecular weight is 221 g/mol. The highest BCUT2D eigenvalue weighted by Crippen LogP contribution is 2.32. The second kappa shape index (κ2) is 4.21. The van der Waals surface area contributed by atoms with Crippen molar-refractivity contribution in [3.63, 3.8) is 0 Å². The summed E-state index contributed by atoms with van der Waals surface area (Å²) in [7, 11) is 0. The molecule has 0 bridgehead atoms. The lowest BCUT2D eigenvalue weighted by Gasteiger charge is -2.06. The lowest BCUT2D eigenvalue weighted by atomic mass is 10.1. The maximum Gasteiger partial charge on any atom is 0.133 e. The van der Waals surface area contributed by atoms with Gasteiger partial charge in [-0.1, -0.05) is 26.0 Å². The van der Waals surface area contributed by atoms with E-state index in [1.54, 1.807) is 17.4 Å². The lowest BCUT2D eigenvalue weighted by molar-refractivity contribution is 0.482. The Kier molecular flexibility index (Phi) is 2.93. The molecule has 1 aromatic carbocycles. The van der Waals surface area contributed by atoms with Crippen LogP contribution in [0.25, 0.3) is 10.1 Å². The third-order valence-corrected chi connectivity index (χ3v) is 3.43. The number of rotatable bonds is 3. The number of fused-ring (bicyclic) bond motifs is 1. The molecule has 0 atom stereocenters. The van der Waals surface area contributed by atoms with Crippen molar-refractivity contribution in [2.45, 2.75) is 26.4 Å². The molecule has 0 saturated heterocycles. The number of phenols is 1. The molecule has 15 heavy (non-hydrogen) atoms. The maximum absolute atomic E-state index is 9.65. The second-order valence-electron chi connectivity index (χ2n) is 3.95. The summed E-state index contributed by atoms with van der Waals surface area (Å²) in [6, 6.07) is 6.17. The van der Waals surface area contributed by atoms with Gasteiger partial charge in [-0.15, -0.1) is 11.3 Å². The standard InChI is InChI=1S/C12H15NOS/c1-8(2)13-6-9-7-15-12-10(9)4-3-5-11(12)14/h3-5,7-8,13-14H,6H2,1-2H3. The summed E-state index contributed by atoms with van der Waals surface area (Å²) in [6.07, 6.45) is 0. The van der Waals surface area contributed by atoms with Gasteiger partial charge in [-0.3, -0.25) is 0 Å². The zero-order chi connectivity index (χ0) is 10.8. The van der Waals surface area contributed by atoms with E-state index in [9.17, 15) is 5.11 Å². The van der Waals surface area contributed by atoms with Crippen LogP contribution in [0.3, 0.4) is 0 Å². The second-order valence-corrected chi connectivity index (χ2v) is 4.83. The van der Waals surface area contributed by atoms with Crippen LogP contribution in [0.5, 0.6) is 5.75 Å². The van der Waals surface area contributed by atoms with E-state index < -0.39 is 0 Å². The summed E-state index contributed by atoms with van der Waals surface area (Å²) in [5, 5.41) is 16.3. The van der Waals surface area contributed by atoms with E-state index >= 15 is 0 Å². The van der Waals surface area contributed by atoms with Crippen molar-refractivity contribution in [2.75, 3.05) is 0 Å². The number of aromatic hydroxyl groups is 1. The Bertz CT molecular complexity index is 462. The summed E-state index contributed by atoms with van der Waals surface area (Å²) in [6.45, 7) is 5.12. The molecule has 0 aliphatic heterocycles. The van der Waals surface area contributed by atoms with Crippen molar-refractivity contribution >= 4 is 21.4 Å². The van der Waals surface area contributed by atoms with Gasteiger partial charge in [0.15, 0.2) is 0 Å². The molecule has 0 amide bonds. The van der Waals surface area contributed by atoms with Gasteiger partial charge >= 0.3 is 0 Å². The minimum absolute atomic E-state index is 0.383. The predicted octanol–water partition coefficient (Wildman–Crippen LogP) is 3.10. The molecule has 0 aliphatic rings. The first kappa shape index (κ1) is 10.5. The Labute approximate surface area is 93.6 Å². The zero-order valence-electron chi connectivity index (χ0n) is 8.95. The fourth-order valence-corrected chi connectivity index (χ4v) is 2.53. The molecule has 80 valence electrons. The third-order valence-electron chi connectivity index (χ3n) is 2.36. The van der Waals surface area contributed by atoms with Crippen LogP contribution in [0.2, 0.25) is 0 Å². The van der Waals surface area contributed by atoms with E-state index in [-0.39, 0.29) is 0 Å². The first-order chi connectivity index (χ1) is 7.18. The molecule has 0 radical (unpaired) electrons. The molecule has 0 unspecified atom stereocenters. The number of hydrogen-bond donors (Lipinski definition) is 2. The molecule has 0 spiro atoms. The van der Waals surface area contributed by atoms with Crippen molar-refractivity contribution in [1.82, 2.24) is 5.32 Å². The summed E-state index contributed by atoms with van der Waals surface area (Å²) in [4.78, 5) is 0. The number of benzene rings is 1. The Hall–Kier alpha value is -1.06. The molecule has 2 nitrogen and oxygen atoms in total. The largest absolute Gasteiger partial charge is 0.506 e. The Balaban J connectivity index is 2.33. The van der Waals surface area contributed by atoms with Gasteiger partial charge in [0.25, 0.3) is 0 Å². The highest BCUT2D eigenvalue weighted by Gasteiger charge is 2.06. The molecule has 2 N–H and O–H groups in total. The van der Waals surface area contributed by atoms with Crippen molar-refractivity contribution in [2.24, 2.45) is 0 Å². The summed E-state index contributed by atoms with van der Waals surface area (Å²) >= 11 is 1.60. The molecule has 0 fully saturated rings. The van der Waals surface area contributed by atoms with Crippen molar-refractivity contribution < 1.29 is 5.11 Å². The first-order valence-corrected chi connectivity index (χ1v) is 5.98. The van der Waals surface area contributed by atoms with E-state index in [4.69, 9.17) is 0 Å². The topological polar surface area (TPSA) is 32.3 Å². The monoisotopic (exact) mass is 221 g/mol. The molecule has 1 aromatic heterocycles. The van der Waals surface area contributed by atoms with Crippen molar-refractivity contribution in [3.05, 3.63) is 29.1 Å². The van der Waals surface area contributed by atoms with Crippen LogP contribution in [0.15, 0.2) is 23.6 Å². The quantitative estimate of drug-likeness (QED) is 0.834. The third kappa shape index (κ3) is 2.13. The number of thiophene rings is 1. The molecule has 3 heteroatoms. The first-order valence-electron chi connectivity index (χ1n) is 5.10. The molecule has 0 saturated carbocycles. The maximum atomic E-state index is 9.65. The summed E-state index contributed by atoms with van der Waals surface area (Å²) in [5.74, 6) is 0.383. The van der Waals surface area contributed by atoms with E-state index in [1.165, 1.54) is 5.56 Å². The van der Waals surface area contributed by atoms with Crippen molar-refractivity contribution in [3.8, 4) is 5.75 Å². The Morgan fingerprint density at radius 1 is 1.40 bits per heavy atom. The van der Waals surface area contributed by atoms with Crippen LogP contribution >= 0.6 is 11.3 Å². The smallest absolute Gasteiger partial charge is 0.133 e. The van der Waals surface area contributed by atoms with Crippen LogP contribution in [0.4, 0.5) is 0 Å². The van der Waals surface area contributed by atoms with Crippen LogP contribution in [0, 0.1) is 0 Å². The van der Waals surface area contributed by atoms with Gasteiger partial charge in [0, 0.05) is 18.0 Å². The molecule has 2 rings (SSSR count). The fourth-order valence-electron chi connectivity index (χ4n) is 1.55. The Morgan fingerprint density at radius 3 is 2.93 bits per heavy atom. The Morgan fingerprint density at radius 2 is 2.20 bits per heavy atom. The minimum Gasteiger partial charge on any atom is -0.506 e. The number of hydrogen-bond acceptors (Lipinski definition) is 3. The van der Waals surface area contributed by atoms with Gasteiger partial charge in [-0.25, -0.2) is 0 Å².